The molecule has 0 saturated carbocycles. The Morgan fingerprint density at radius 2 is 2.26 bits per heavy atom. The van der Waals surface area contributed by atoms with Crippen molar-refractivity contribution in [1.82, 2.24) is 9.78 Å². The molecule has 1 amide bonds. The summed E-state index contributed by atoms with van der Waals surface area (Å²) >= 11 is 3.14. The van der Waals surface area contributed by atoms with E-state index in [9.17, 15) is 9.18 Å². The molecule has 0 spiro atoms. The number of rotatable bonds is 0. The summed E-state index contributed by atoms with van der Waals surface area (Å²) in [5.74, 6) is 0.0352. The second kappa shape index (κ2) is 4.34. The van der Waals surface area contributed by atoms with Gasteiger partial charge in [0.2, 0.25) is 0 Å². The molecule has 0 atom stereocenters. The summed E-state index contributed by atoms with van der Waals surface area (Å²) < 4.78 is 20.4. The lowest BCUT2D eigenvalue weighted by atomic mass is 10.1. The fraction of sp³-hybridized carbons (Fsp3) is 0.167. The van der Waals surface area contributed by atoms with Gasteiger partial charge in [-0.15, -0.1) is 0 Å². The van der Waals surface area contributed by atoms with Crippen LogP contribution in [0, 0.1) is 5.82 Å². The van der Waals surface area contributed by atoms with E-state index in [1.807, 2.05) is 0 Å². The molecule has 98 valence electrons. The zero-order valence-corrected chi connectivity index (χ0v) is 11.3. The Hall–Kier alpha value is -1.89. The van der Waals surface area contributed by atoms with Crippen LogP contribution in [-0.2, 0) is 6.42 Å². The number of halogens is 2. The number of fused-ring (bicyclic) bond motifs is 3. The fourth-order valence-electron chi connectivity index (χ4n) is 2.05. The third kappa shape index (κ3) is 1.99. The van der Waals surface area contributed by atoms with Crippen molar-refractivity contribution < 1.29 is 13.9 Å². The highest BCUT2D eigenvalue weighted by atomic mass is 79.9. The minimum atomic E-state index is -0.656. The average Bonchev–Trinajstić information content (AvgIpc) is 2.71. The van der Waals surface area contributed by atoms with Gasteiger partial charge in [0.15, 0.2) is 0 Å². The maximum absolute atomic E-state index is 13.5. The molecule has 0 saturated heterocycles. The molecule has 1 aliphatic heterocycles. The van der Waals surface area contributed by atoms with E-state index in [1.165, 1.54) is 12.3 Å². The molecule has 0 aliphatic carbocycles. The summed E-state index contributed by atoms with van der Waals surface area (Å²) in [5, 5.41) is 4.11. The normalized spacial score (nSPS) is 13.2. The summed E-state index contributed by atoms with van der Waals surface area (Å²) in [6.45, 7) is 0.372. The Morgan fingerprint density at radius 1 is 1.47 bits per heavy atom. The van der Waals surface area contributed by atoms with Crippen LogP contribution in [0.5, 0.6) is 5.75 Å². The molecule has 7 heteroatoms. The first-order valence-electron chi connectivity index (χ1n) is 5.57. The highest BCUT2D eigenvalue weighted by Crippen LogP contribution is 2.38. The van der Waals surface area contributed by atoms with Crippen molar-refractivity contribution >= 4 is 22.0 Å². The van der Waals surface area contributed by atoms with Gasteiger partial charge in [-0.1, -0.05) is 0 Å². The standard InChI is InChI=1S/C12H9BrFN3O2/c13-8-3-6-7-5-17(12(15)18)16-10(7)1-2-19-11(6)4-9(8)14/h3-5H,1-2H2,(H2,15,18). The molecule has 0 unspecified atom stereocenters. The Kier molecular flexibility index (Phi) is 2.78. The molecule has 5 nitrogen and oxygen atoms in total. The van der Waals surface area contributed by atoms with E-state index in [-0.39, 0.29) is 0 Å². The molecule has 1 aromatic carbocycles. The summed E-state index contributed by atoms with van der Waals surface area (Å²) in [4.78, 5) is 11.2. The van der Waals surface area contributed by atoms with E-state index in [1.54, 1.807) is 6.07 Å². The van der Waals surface area contributed by atoms with Gasteiger partial charge >= 0.3 is 6.03 Å². The fourth-order valence-corrected chi connectivity index (χ4v) is 2.39. The van der Waals surface area contributed by atoms with E-state index in [2.05, 4.69) is 21.0 Å². The molecule has 2 aromatic rings. The van der Waals surface area contributed by atoms with Crippen molar-refractivity contribution in [2.45, 2.75) is 6.42 Å². The van der Waals surface area contributed by atoms with Crippen LogP contribution in [0.1, 0.15) is 5.69 Å². The number of primary amides is 1. The number of carbonyl (C=O) groups excluding carboxylic acids is 1. The van der Waals surface area contributed by atoms with Crippen molar-refractivity contribution in [3.05, 3.63) is 34.3 Å². The van der Waals surface area contributed by atoms with Crippen molar-refractivity contribution in [1.29, 1.82) is 0 Å². The summed E-state index contributed by atoms with van der Waals surface area (Å²) in [6.07, 6.45) is 2.07. The minimum absolute atomic E-state index is 0.328. The molecule has 0 bridgehead atoms. The van der Waals surface area contributed by atoms with Crippen LogP contribution >= 0.6 is 15.9 Å². The van der Waals surface area contributed by atoms with Gasteiger partial charge in [0.05, 0.1) is 16.8 Å². The predicted octanol–water partition coefficient (Wildman–Crippen LogP) is 2.31. The number of ether oxygens (including phenoxy) is 1. The van der Waals surface area contributed by atoms with Crippen molar-refractivity contribution in [3.8, 4) is 16.9 Å². The van der Waals surface area contributed by atoms with E-state index in [4.69, 9.17) is 10.5 Å². The van der Waals surface area contributed by atoms with Crippen LogP contribution in [0.4, 0.5) is 9.18 Å². The Bertz CT molecular complexity index is 684. The number of amides is 1. The van der Waals surface area contributed by atoms with E-state index in [0.29, 0.717) is 34.5 Å². The number of benzene rings is 1. The van der Waals surface area contributed by atoms with E-state index in [0.717, 1.165) is 10.2 Å². The van der Waals surface area contributed by atoms with Gasteiger partial charge in [-0.25, -0.2) is 9.18 Å². The van der Waals surface area contributed by atoms with Gasteiger partial charge in [-0.05, 0) is 22.0 Å². The number of aromatic nitrogens is 2. The summed E-state index contributed by atoms with van der Waals surface area (Å²) in [7, 11) is 0. The van der Waals surface area contributed by atoms with Gasteiger partial charge in [0.25, 0.3) is 0 Å². The molecular formula is C12H9BrFN3O2. The van der Waals surface area contributed by atoms with Gasteiger partial charge < -0.3 is 10.5 Å². The SMILES string of the molecule is NC(=O)n1cc2c(n1)CCOc1cc(F)c(Br)cc1-2. The maximum atomic E-state index is 13.5. The number of nitrogens with zero attached hydrogens (tertiary/aromatic N) is 2. The van der Waals surface area contributed by atoms with Crippen molar-refractivity contribution in [2.75, 3.05) is 6.61 Å². The van der Waals surface area contributed by atoms with Crippen LogP contribution in [0.15, 0.2) is 22.8 Å². The Balaban J connectivity index is 2.23. The zero-order chi connectivity index (χ0) is 13.6. The summed E-state index contributed by atoms with van der Waals surface area (Å²) in [5.41, 5.74) is 7.32. The van der Waals surface area contributed by atoms with Gasteiger partial charge in [-0.2, -0.15) is 9.78 Å². The second-order valence-electron chi connectivity index (χ2n) is 4.13. The van der Waals surface area contributed by atoms with Gasteiger partial charge in [0, 0.05) is 29.8 Å². The smallest absolute Gasteiger partial charge is 0.339 e. The second-order valence-corrected chi connectivity index (χ2v) is 4.99. The lowest BCUT2D eigenvalue weighted by Crippen LogP contribution is -2.20. The molecule has 1 aliphatic rings. The highest BCUT2D eigenvalue weighted by molar-refractivity contribution is 9.10. The first kappa shape index (κ1) is 12.2. The quantitative estimate of drug-likeness (QED) is 0.808. The van der Waals surface area contributed by atoms with E-state index < -0.39 is 11.8 Å². The van der Waals surface area contributed by atoms with Crippen LogP contribution in [0.3, 0.4) is 0 Å². The highest BCUT2D eigenvalue weighted by Gasteiger charge is 2.21. The van der Waals surface area contributed by atoms with Gasteiger partial charge in [0.1, 0.15) is 11.6 Å². The van der Waals surface area contributed by atoms with Crippen molar-refractivity contribution in [3.63, 3.8) is 0 Å². The Morgan fingerprint density at radius 3 is 3.00 bits per heavy atom. The number of carbonyl (C=O) groups is 1. The first-order chi connectivity index (χ1) is 9.06. The van der Waals surface area contributed by atoms with Crippen molar-refractivity contribution in [2.24, 2.45) is 5.73 Å². The lowest BCUT2D eigenvalue weighted by molar-refractivity contribution is 0.247. The lowest BCUT2D eigenvalue weighted by Gasteiger charge is -2.08. The molecular weight excluding hydrogens is 317 g/mol. The van der Waals surface area contributed by atoms with E-state index >= 15 is 0 Å². The summed E-state index contributed by atoms with van der Waals surface area (Å²) in [6, 6.07) is 2.27. The number of hydrogen-bond donors (Lipinski definition) is 1. The zero-order valence-electron chi connectivity index (χ0n) is 9.69. The molecule has 2 N–H and O–H groups in total. The molecule has 0 fully saturated rings. The maximum Gasteiger partial charge on any atom is 0.339 e. The van der Waals surface area contributed by atoms with Crippen LogP contribution in [0.25, 0.3) is 11.1 Å². The molecule has 2 heterocycles. The number of hydrogen-bond acceptors (Lipinski definition) is 3. The number of nitrogens with two attached hydrogens (primary N) is 1. The minimum Gasteiger partial charge on any atom is -0.492 e. The third-order valence-corrected chi connectivity index (χ3v) is 3.53. The van der Waals surface area contributed by atoms with Crippen LogP contribution < -0.4 is 10.5 Å². The topological polar surface area (TPSA) is 70.1 Å². The Labute approximate surface area is 116 Å². The predicted molar refractivity (Wildman–Crippen MR) is 69.5 cm³/mol. The largest absolute Gasteiger partial charge is 0.492 e. The first-order valence-corrected chi connectivity index (χ1v) is 6.36. The monoisotopic (exact) mass is 325 g/mol. The molecule has 3 rings (SSSR count). The molecule has 19 heavy (non-hydrogen) atoms. The van der Waals surface area contributed by atoms with Crippen LogP contribution in [-0.4, -0.2) is 22.4 Å². The molecule has 0 radical (unpaired) electrons. The van der Waals surface area contributed by atoms with Crippen LogP contribution in [0.2, 0.25) is 0 Å². The van der Waals surface area contributed by atoms with Gasteiger partial charge in [-0.3, -0.25) is 0 Å². The average molecular weight is 326 g/mol. The molecule has 1 aromatic heterocycles. The third-order valence-electron chi connectivity index (χ3n) is 2.93.